The summed E-state index contributed by atoms with van der Waals surface area (Å²) in [6, 6.07) is 5.12. The molecule has 1 aromatic heterocycles. The molecule has 0 aliphatic carbocycles. The van der Waals surface area contributed by atoms with E-state index >= 15 is 0 Å². The van der Waals surface area contributed by atoms with E-state index in [0.29, 0.717) is 10.5 Å². The molecule has 8 heteroatoms. The number of H-pyrrole nitrogens is 1. The zero-order valence-corrected chi connectivity index (χ0v) is 12.6. The van der Waals surface area contributed by atoms with Crippen molar-refractivity contribution >= 4 is 40.6 Å². The number of benzene rings is 1. The molecule has 0 radical (unpaired) electrons. The maximum Gasteiger partial charge on any atom is 0.414 e. The van der Waals surface area contributed by atoms with E-state index in [2.05, 4.69) is 21.9 Å². The standard InChI is InChI=1S/C14H14ClN3O4/c1-8(2)12(19)21-5-6-22-14(20)18-13-16-10-4-3-9(15)7-11(10)17-13/h3-4,7H,1,5-6H2,2H3,(H2,16,17,18,20). The van der Waals surface area contributed by atoms with Gasteiger partial charge in [-0.25, -0.2) is 14.6 Å². The van der Waals surface area contributed by atoms with Gasteiger partial charge in [-0.1, -0.05) is 18.2 Å². The van der Waals surface area contributed by atoms with Gasteiger partial charge in [0.1, 0.15) is 13.2 Å². The van der Waals surface area contributed by atoms with Gasteiger partial charge < -0.3 is 14.5 Å². The second-order valence-corrected chi connectivity index (χ2v) is 4.86. The number of esters is 1. The van der Waals surface area contributed by atoms with Crippen LogP contribution >= 0.6 is 11.6 Å². The fourth-order valence-corrected chi connectivity index (χ4v) is 1.73. The number of aromatic amines is 1. The van der Waals surface area contributed by atoms with Gasteiger partial charge >= 0.3 is 12.1 Å². The first-order chi connectivity index (χ1) is 10.5. The smallest absolute Gasteiger partial charge is 0.414 e. The van der Waals surface area contributed by atoms with Crippen LogP contribution in [0.1, 0.15) is 6.92 Å². The Hall–Kier alpha value is -2.54. The fourth-order valence-electron chi connectivity index (χ4n) is 1.56. The van der Waals surface area contributed by atoms with Crippen LogP contribution in [0.3, 0.4) is 0 Å². The minimum absolute atomic E-state index is 0.0468. The Morgan fingerprint density at radius 3 is 2.82 bits per heavy atom. The predicted molar refractivity (Wildman–Crippen MR) is 81.8 cm³/mol. The topological polar surface area (TPSA) is 93.3 Å². The molecule has 2 rings (SSSR count). The van der Waals surface area contributed by atoms with Crippen molar-refractivity contribution in [1.82, 2.24) is 9.97 Å². The molecule has 0 saturated carbocycles. The van der Waals surface area contributed by atoms with Crippen molar-refractivity contribution in [2.75, 3.05) is 18.5 Å². The Kier molecular flexibility index (Phi) is 5.00. The van der Waals surface area contributed by atoms with Gasteiger partial charge in [0, 0.05) is 10.6 Å². The van der Waals surface area contributed by atoms with Crippen molar-refractivity contribution in [3.8, 4) is 0 Å². The molecule has 1 amide bonds. The number of halogens is 1. The summed E-state index contributed by atoms with van der Waals surface area (Å²) < 4.78 is 9.64. The van der Waals surface area contributed by atoms with E-state index in [9.17, 15) is 9.59 Å². The number of amides is 1. The van der Waals surface area contributed by atoms with Gasteiger partial charge in [0.15, 0.2) is 0 Å². The summed E-state index contributed by atoms with van der Waals surface area (Å²) >= 11 is 5.85. The molecule has 0 saturated heterocycles. The van der Waals surface area contributed by atoms with Crippen molar-refractivity contribution in [2.24, 2.45) is 0 Å². The summed E-state index contributed by atoms with van der Waals surface area (Å²) in [7, 11) is 0. The third-order valence-corrected chi connectivity index (χ3v) is 2.80. The monoisotopic (exact) mass is 323 g/mol. The highest BCUT2D eigenvalue weighted by Crippen LogP contribution is 2.18. The van der Waals surface area contributed by atoms with Crippen molar-refractivity contribution < 1.29 is 19.1 Å². The number of carbonyl (C=O) groups is 2. The summed E-state index contributed by atoms with van der Waals surface area (Å²) in [6.45, 7) is 4.85. The van der Waals surface area contributed by atoms with Crippen LogP contribution < -0.4 is 5.32 Å². The third kappa shape index (κ3) is 4.23. The van der Waals surface area contributed by atoms with Gasteiger partial charge in [-0.05, 0) is 25.1 Å². The van der Waals surface area contributed by atoms with Crippen LogP contribution in [-0.2, 0) is 14.3 Å². The minimum atomic E-state index is -0.712. The van der Waals surface area contributed by atoms with Crippen molar-refractivity contribution in [3.05, 3.63) is 35.4 Å². The summed E-state index contributed by atoms with van der Waals surface area (Å²) in [5, 5.41) is 2.98. The third-order valence-electron chi connectivity index (χ3n) is 2.56. The zero-order chi connectivity index (χ0) is 16.1. The second kappa shape index (κ2) is 6.95. The maximum absolute atomic E-state index is 11.6. The summed E-state index contributed by atoms with van der Waals surface area (Å²) in [4.78, 5) is 29.7. The molecule has 1 heterocycles. The fraction of sp³-hybridized carbons (Fsp3) is 0.214. The molecule has 2 N–H and O–H groups in total. The van der Waals surface area contributed by atoms with E-state index in [1.807, 2.05) is 0 Å². The highest BCUT2D eigenvalue weighted by molar-refractivity contribution is 6.31. The van der Waals surface area contributed by atoms with Crippen LogP contribution in [0.15, 0.2) is 30.4 Å². The minimum Gasteiger partial charge on any atom is -0.459 e. The lowest BCUT2D eigenvalue weighted by atomic mass is 10.3. The van der Waals surface area contributed by atoms with Crippen LogP contribution in [0.2, 0.25) is 5.02 Å². The summed E-state index contributed by atoms with van der Waals surface area (Å²) in [6.07, 6.45) is -0.712. The van der Waals surface area contributed by atoms with E-state index < -0.39 is 12.1 Å². The molecule has 0 bridgehead atoms. The molecule has 0 spiro atoms. The van der Waals surface area contributed by atoms with Crippen molar-refractivity contribution in [2.45, 2.75) is 6.92 Å². The molecule has 0 aliphatic heterocycles. The molecular formula is C14H14ClN3O4. The Labute approximate surface area is 131 Å². The van der Waals surface area contributed by atoms with Crippen LogP contribution in [0, 0.1) is 0 Å². The lowest BCUT2D eigenvalue weighted by Gasteiger charge is -2.06. The molecule has 7 nitrogen and oxygen atoms in total. The van der Waals surface area contributed by atoms with Gasteiger partial charge in [-0.3, -0.25) is 5.32 Å². The number of ether oxygens (including phenoxy) is 2. The molecule has 1 aromatic carbocycles. The van der Waals surface area contributed by atoms with E-state index in [1.54, 1.807) is 18.2 Å². The van der Waals surface area contributed by atoms with Crippen LogP contribution in [0.5, 0.6) is 0 Å². The van der Waals surface area contributed by atoms with Crippen LogP contribution in [0.4, 0.5) is 10.7 Å². The number of rotatable bonds is 5. The van der Waals surface area contributed by atoms with E-state index in [1.165, 1.54) is 6.92 Å². The number of fused-ring (bicyclic) bond motifs is 1. The molecule has 2 aromatic rings. The SMILES string of the molecule is C=C(C)C(=O)OCCOC(=O)Nc1nc2cc(Cl)ccc2[nH]1. The van der Waals surface area contributed by atoms with Crippen molar-refractivity contribution in [3.63, 3.8) is 0 Å². The lowest BCUT2D eigenvalue weighted by molar-refractivity contribution is -0.139. The van der Waals surface area contributed by atoms with Crippen LogP contribution in [-0.4, -0.2) is 35.2 Å². The normalized spacial score (nSPS) is 10.3. The molecule has 116 valence electrons. The Morgan fingerprint density at radius 1 is 1.36 bits per heavy atom. The van der Waals surface area contributed by atoms with Crippen LogP contribution in [0.25, 0.3) is 11.0 Å². The first-order valence-electron chi connectivity index (χ1n) is 6.37. The highest BCUT2D eigenvalue weighted by atomic mass is 35.5. The Bertz CT molecular complexity index is 726. The quantitative estimate of drug-likeness (QED) is 0.501. The number of carbonyl (C=O) groups excluding carboxylic acids is 2. The molecule has 0 aliphatic rings. The number of anilines is 1. The van der Waals surface area contributed by atoms with Crippen molar-refractivity contribution in [1.29, 1.82) is 0 Å². The summed E-state index contributed by atoms with van der Waals surface area (Å²) in [5.74, 6) is -0.292. The summed E-state index contributed by atoms with van der Waals surface area (Å²) in [5.41, 5.74) is 1.64. The van der Waals surface area contributed by atoms with E-state index in [4.69, 9.17) is 21.1 Å². The lowest BCUT2D eigenvalue weighted by Crippen LogP contribution is -2.18. The van der Waals surface area contributed by atoms with Gasteiger partial charge in [-0.15, -0.1) is 0 Å². The van der Waals surface area contributed by atoms with Gasteiger partial charge in [-0.2, -0.15) is 0 Å². The van der Waals surface area contributed by atoms with E-state index in [0.717, 1.165) is 5.52 Å². The Balaban J connectivity index is 1.81. The Morgan fingerprint density at radius 2 is 2.09 bits per heavy atom. The average Bonchev–Trinajstić information content (AvgIpc) is 2.84. The molecule has 0 atom stereocenters. The number of imidazole rings is 1. The highest BCUT2D eigenvalue weighted by Gasteiger charge is 2.09. The average molecular weight is 324 g/mol. The number of hydrogen-bond donors (Lipinski definition) is 2. The first kappa shape index (κ1) is 15.8. The number of aromatic nitrogens is 2. The molecule has 0 unspecified atom stereocenters. The van der Waals surface area contributed by atoms with Gasteiger partial charge in [0.2, 0.25) is 5.95 Å². The van der Waals surface area contributed by atoms with Gasteiger partial charge in [0.05, 0.1) is 11.0 Å². The molecular weight excluding hydrogens is 310 g/mol. The predicted octanol–water partition coefficient (Wildman–Crippen LogP) is 2.88. The molecule has 0 fully saturated rings. The zero-order valence-electron chi connectivity index (χ0n) is 11.8. The number of nitrogens with zero attached hydrogens (tertiary/aromatic N) is 1. The first-order valence-corrected chi connectivity index (χ1v) is 6.75. The number of nitrogens with one attached hydrogen (secondary N) is 2. The molecule has 22 heavy (non-hydrogen) atoms. The van der Waals surface area contributed by atoms with E-state index in [-0.39, 0.29) is 24.7 Å². The maximum atomic E-state index is 11.6. The largest absolute Gasteiger partial charge is 0.459 e. The second-order valence-electron chi connectivity index (χ2n) is 4.42. The van der Waals surface area contributed by atoms with Gasteiger partial charge in [0.25, 0.3) is 0 Å². The number of hydrogen-bond acceptors (Lipinski definition) is 5.